The van der Waals surface area contributed by atoms with Gasteiger partial charge in [-0.15, -0.1) is 0 Å². The van der Waals surface area contributed by atoms with Crippen molar-refractivity contribution in [1.29, 1.82) is 0 Å². The summed E-state index contributed by atoms with van der Waals surface area (Å²) in [5, 5.41) is 0. The lowest BCUT2D eigenvalue weighted by Crippen LogP contribution is -2.25. The van der Waals surface area contributed by atoms with E-state index in [1.54, 1.807) is 20.8 Å². The van der Waals surface area contributed by atoms with Gasteiger partial charge in [0.2, 0.25) is 0 Å². The fourth-order valence-corrected chi connectivity index (χ4v) is 1.40. The Morgan fingerprint density at radius 2 is 2.06 bits per heavy atom. The van der Waals surface area contributed by atoms with Crippen molar-refractivity contribution < 1.29 is 13.3 Å². The van der Waals surface area contributed by atoms with Gasteiger partial charge >= 0.3 is 0 Å². The van der Waals surface area contributed by atoms with E-state index in [4.69, 9.17) is 0 Å². The standard InChI is InChI=1S/C11H14F2N2OS/c1-11(2,3)17(16)15-7-9-5-4-8(6-14-9)10(12)13/h4-7,10H,1-3H3/b15-7+. The molecule has 0 aliphatic heterocycles. The molecule has 0 aliphatic carbocycles. The second-order valence-electron chi connectivity index (χ2n) is 4.41. The van der Waals surface area contributed by atoms with Crippen LogP contribution in [0.1, 0.15) is 38.5 Å². The average molecular weight is 260 g/mol. The number of pyridine rings is 1. The summed E-state index contributed by atoms with van der Waals surface area (Å²) < 4.78 is 39.5. The van der Waals surface area contributed by atoms with Crippen molar-refractivity contribution in [2.75, 3.05) is 0 Å². The van der Waals surface area contributed by atoms with E-state index in [0.717, 1.165) is 6.20 Å². The molecule has 17 heavy (non-hydrogen) atoms. The summed E-state index contributed by atoms with van der Waals surface area (Å²) in [6.07, 6.45) is -0.111. The molecule has 0 bridgehead atoms. The molecule has 0 saturated heterocycles. The largest absolute Gasteiger partial charge is 0.591 e. The van der Waals surface area contributed by atoms with Crippen molar-refractivity contribution in [3.63, 3.8) is 0 Å². The quantitative estimate of drug-likeness (QED) is 0.619. The number of hydrogen-bond acceptors (Lipinski definition) is 3. The lowest BCUT2D eigenvalue weighted by molar-refractivity contribution is 0.151. The molecule has 1 unspecified atom stereocenters. The zero-order valence-electron chi connectivity index (χ0n) is 9.85. The van der Waals surface area contributed by atoms with Gasteiger partial charge in [-0.2, -0.15) is 0 Å². The first-order chi connectivity index (χ1) is 7.80. The van der Waals surface area contributed by atoms with Gasteiger partial charge in [0.05, 0.1) is 5.69 Å². The van der Waals surface area contributed by atoms with E-state index in [1.807, 2.05) is 0 Å². The second kappa shape index (κ2) is 5.55. The first-order valence-corrected chi connectivity index (χ1v) is 6.11. The highest BCUT2D eigenvalue weighted by Crippen LogP contribution is 2.18. The third-order valence-electron chi connectivity index (χ3n) is 1.87. The van der Waals surface area contributed by atoms with Crippen molar-refractivity contribution in [1.82, 2.24) is 4.98 Å². The highest BCUT2D eigenvalue weighted by molar-refractivity contribution is 7.91. The van der Waals surface area contributed by atoms with E-state index in [2.05, 4.69) is 9.38 Å². The maximum atomic E-state index is 12.2. The molecule has 0 radical (unpaired) electrons. The van der Waals surface area contributed by atoms with Gasteiger partial charge in [-0.1, -0.05) is 4.40 Å². The molecule has 1 heterocycles. The molecule has 0 spiro atoms. The summed E-state index contributed by atoms with van der Waals surface area (Å²) in [6, 6.07) is 2.70. The number of nitrogens with zero attached hydrogens (tertiary/aromatic N) is 2. The molecule has 0 aliphatic rings. The monoisotopic (exact) mass is 260 g/mol. The van der Waals surface area contributed by atoms with E-state index in [9.17, 15) is 13.3 Å². The van der Waals surface area contributed by atoms with Gasteiger partial charge in [-0.3, -0.25) is 4.98 Å². The normalized spacial score (nSPS) is 14.5. The molecule has 1 rings (SSSR count). The van der Waals surface area contributed by atoms with Crippen LogP contribution in [0.3, 0.4) is 0 Å². The Balaban J connectivity index is 2.73. The smallest absolute Gasteiger partial charge is 0.265 e. The van der Waals surface area contributed by atoms with E-state index in [0.29, 0.717) is 5.69 Å². The molecule has 0 N–H and O–H groups in total. The van der Waals surface area contributed by atoms with Gasteiger partial charge in [0.25, 0.3) is 6.43 Å². The van der Waals surface area contributed by atoms with Crippen molar-refractivity contribution in [2.45, 2.75) is 31.9 Å². The van der Waals surface area contributed by atoms with E-state index < -0.39 is 22.5 Å². The number of aromatic nitrogens is 1. The van der Waals surface area contributed by atoms with E-state index in [1.165, 1.54) is 18.3 Å². The summed E-state index contributed by atoms with van der Waals surface area (Å²) in [5.41, 5.74) is 0.270. The molecule has 0 amide bonds. The summed E-state index contributed by atoms with van der Waals surface area (Å²) in [4.78, 5) is 3.79. The van der Waals surface area contributed by atoms with Gasteiger partial charge < -0.3 is 4.55 Å². The fraction of sp³-hybridized carbons (Fsp3) is 0.455. The molecular formula is C11H14F2N2OS. The first kappa shape index (κ1) is 14.1. The molecule has 1 aromatic rings. The summed E-state index contributed by atoms with van der Waals surface area (Å²) in [5.74, 6) is 0. The highest BCUT2D eigenvalue weighted by atomic mass is 32.2. The molecule has 3 nitrogen and oxygen atoms in total. The second-order valence-corrected chi connectivity index (χ2v) is 6.35. The molecule has 1 aromatic heterocycles. The van der Waals surface area contributed by atoms with Gasteiger partial charge in [-0.05, 0) is 32.9 Å². The maximum Gasteiger partial charge on any atom is 0.265 e. The minimum absolute atomic E-state index is 0.140. The zero-order valence-corrected chi connectivity index (χ0v) is 10.7. The van der Waals surface area contributed by atoms with Crippen LogP contribution in [0.4, 0.5) is 8.78 Å². The van der Waals surface area contributed by atoms with Crippen molar-refractivity contribution >= 4 is 17.6 Å². The number of halogens is 2. The molecule has 94 valence electrons. The Kier molecular flexibility index (Phi) is 4.59. The number of hydrogen-bond donors (Lipinski definition) is 0. The fourth-order valence-electron chi connectivity index (χ4n) is 0.882. The number of rotatable bonds is 3. The topological polar surface area (TPSA) is 48.3 Å². The van der Waals surface area contributed by atoms with Crippen LogP contribution in [0.5, 0.6) is 0 Å². The first-order valence-electron chi connectivity index (χ1n) is 5.01. The summed E-state index contributed by atoms with van der Waals surface area (Å²) in [6.45, 7) is 5.40. The molecule has 6 heteroatoms. The lowest BCUT2D eigenvalue weighted by atomic mass is 10.2. The molecule has 1 atom stereocenters. The van der Waals surface area contributed by atoms with Crippen molar-refractivity contribution in [3.8, 4) is 0 Å². The van der Waals surface area contributed by atoms with E-state index >= 15 is 0 Å². The van der Waals surface area contributed by atoms with E-state index in [-0.39, 0.29) is 5.56 Å². The van der Waals surface area contributed by atoms with Crippen LogP contribution >= 0.6 is 0 Å². The van der Waals surface area contributed by atoms with Crippen LogP contribution in [0, 0.1) is 0 Å². The van der Waals surface area contributed by atoms with Gasteiger partial charge in [0.1, 0.15) is 22.3 Å². The molecule has 0 aromatic carbocycles. The summed E-state index contributed by atoms with van der Waals surface area (Å²) >= 11 is -1.37. The Hall–Kier alpha value is -1.01. The zero-order chi connectivity index (χ0) is 13.1. The predicted octanol–water partition coefficient (Wildman–Crippen LogP) is 2.90. The van der Waals surface area contributed by atoms with Gasteiger partial charge in [-0.25, -0.2) is 8.78 Å². The van der Waals surface area contributed by atoms with Crippen molar-refractivity contribution in [2.24, 2.45) is 4.40 Å². The Bertz CT molecular complexity index is 387. The average Bonchev–Trinajstić information content (AvgIpc) is 2.25. The molecule has 0 saturated carbocycles. The maximum absolute atomic E-state index is 12.2. The third-order valence-corrected chi connectivity index (χ3v) is 3.21. The van der Waals surface area contributed by atoms with Crippen LogP contribution in [0.15, 0.2) is 22.7 Å². The third kappa shape index (κ3) is 4.40. The van der Waals surface area contributed by atoms with Crippen LogP contribution in [0.25, 0.3) is 0 Å². The Labute approximate surface area is 102 Å². The van der Waals surface area contributed by atoms with Crippen LogP contribution in [0.2, 0.25) is 0 Å². The minimum Gasteiger partial charge on any atom is -0.591 e. The predicted molar refractivity (Wildman–Crippen MR) is 64.7 cm³/mol. The summed E-state index contributed by atoms with van der Waals surface area (Å²) in [7, 11) is 0. The number of alkyl halides is 2. The van der Waals surface area contributed by atoms with Crippen LogP contribution in [-0.2, 0) is 11.4 Å². The highest BCUT2D eigenvalue weighted by Gasteiger charge is 2.25. The van der Waals surface area contributed by atoms with Crippen LogP contribution < -0.4 is 0 Å². The van der Waals surface area contributed by atoms with Crippen molar-refractivity contribution in [3.05, 3.63) is 29.6 Å². The Morgan fingerprint density at radius 3 is 2.47 bits per heavy atom. The van der Waals surface area contributed by atoms with Gasteiger partial charge in [0, 0.05) is 11.8 Å². The van der Waals surface area contributed by atoms with Gasteiger partial charge in [0.15, 0.2) is 0 Å². The molecule has 0 fully saturated rings. The Morgan fingerprint density at radius 1 is 1.41 bits per heavy atom. The SMILES string of the molecule is CC(C)(C)[S+]([O-])/N=C/c1ccc(C(F)F)cn1. The minimum atomic E-state index is -2.53. The lowest BCUT2D eigenvalue weighted by Gasteiger charge is -2.17. The molecular weight excluding hydrogens is 246 g/mol. The van der Waals surface area contributed by atoms with Crippen LogP contribution in [-0.4, -0.2) is 20.5 Å².